The van der Waals surface area contributed by atoms with Gasteiger partial charge < -0.3 is 5.11 Å². The van der Waals surface area contributed by atoms with Crippen LogP contribution in [-0.2, 0) is 14.8 Å². The summed E-state index contributed by atoms with van der Waals surface area (Å²) in [7, 11) is -3.32. The second kappa shape index (κ2) is 7.53. The molecule has 5 nitrogen and oxygen atoms in total. The number of nitrogens with one attached hydrogen (secondary N) is 1. The Kier molecular flexibility index (Phi) is 6.35. The third kappa shape index (κ3) is 6.76. The fourth-order valence-corrected chi connectivity index (χ4v) is 3.07. The molecule has 0 aromatic carbocycles. The van der Waals surface area contributed by atoms with Gasteiger partial charge in [-0.05, 0) is 38.5 Å². The normalized spacial score (nSPS) is 16.3. The van der Waals surface area contributed by atoms with Crippen LogP contribution in [0.2, 0.25) is 0 Å². The van der Waals surface area contributed by atoms with E-state index in [0.29, 0.717) is 6.54 Å². The Balaban J connectivity index is 2.20. The predicted molar refractivity (Wildman–Crippen MR) is 69.8 cm³/mol. The quantitative estimate of drug-likeness (QED) is 0.660. The van der Waals surface area contributed by atoms with Crippen molar-refractivity contribution in [2.45, 2.75) is 44.9 Å². The van der Waals surface area contributed by atoms with E-state index in [1.54, 1.807) is 0 Å². The molecular weight excluding hydrogens is 254 g/mol. The molecule has 0 radical (unpaired) electrons. The molecule has 6 heteroatoms. The van der Waals surface area contributed by atoms with Crippen LogP contribution in [0.4, 0.5) is 0 Å². The van der Waals surface area contributed by atoms with Gasteiger partial charge in [0.05, 0.1) is 5.75 Å². The maximum absolute atomic E-state index is 11.5. The van der Waals surface area contributed by atoms with E-state index in [1.807, 2.05) is 0 Å². The Hall–Kier alpha value is -0.880. The zero-order valence-electron chi connectivity index (χ0n) is 10.5. The number of carboxylic acid groups (broad SMARTS) is 1. The van der Waals surface area contributed by atoms with Crippen LogP contribution in [0.1, 0.15) is 44.9 Å². The van der Waals surface area contributed by atoms with E-state index in [0.717, 1.165) is 19.3 Å². The first kappa shape index (κ1) is 15.2. The molecule has 2 N–H and O–H groups in total. The van der Waals surface area contributed by atoms with Crippen molar-refractivity contribution in [3.05, 3.63) is 11.6 Å². The number of carboxylic acids is 1. The van der Waals surface area contributed by atoms with Gasteiger partial charge in [-0.1, -0.05) is 11.6 Å². The number of hydrogen-bond acceptors (Lipinski definition) is 3. The third-order valence-electron chi connectivity index (χ3n) is 2.96. The minimum absolute atomic E-state index is 0.105. The summed E-state index contributed by atoms with van der Waals surface area (Å²) in [5, 5.41) is 8.43. The highest BCUT2D eigenvalue weighted by Crippen LogP contribution is 2.19. The van der Waals surface area contributed by atoms with Crippen LogP contribution in [0.5, 0.6) is 0 Å². The first-order valence-electron chi connectivity index (χ1n) is 6.37. The molecule has 0 aliphatic heterocycles. The van der Waals surface area contributed by atoms with Gasteiger partial charge in [0.1, 0.15) is 0 Å². The molecule has 0 heterocycles. The van der Waals surface area contributed by atoms with Crippen molar-refractivity contribution in [3.8, 4) is 0 Å². The average molecular weight is 275 g/mol. The van der Waals surface area contributed by atoms with Crippen molar-refractivity contribution < 1.29 is 18.3 Å². The van der Waals surface area contributed by atoms with Crippen molar-refractivity contribution in [1.29, 1.82) is 0 Å². The van der Waals surface area contributed by atoms with Crippen LogP contribution in [0.15, 0.2) is 11.6 Å². The Morgan fingerprint density at radius 1 is 1.39 bits per heavy atom. The lowest BCUT2D eigenvalue weighted by atomic mass is 9.97. The zero-order valence-corrected chi connectivity index (χ0v) is 11.3. The minimum atomic E-state index is -3.32. The van der Waals surface area contributed by atoms with Crippen molar-refractivity contribution in [1.82, 2.24) is 4.72 Å². The van der Waals surface area contributed by atoms with E-state index >= 15 is 0 Å². The standard InChI is InChI=1S/C12H21NO4S/c14-12(15)7-4-10-18(16,17)13-9-8-11-5-2-1-3-6-11/h5,13H,1-4,6-10H2,(H,14,15). The Morgan fingerprint density at radius 2 is 2.17 bits per heavy atom. The number of hydrogen-bond donors (Lipinski definition) is 2. The lowest BCUT2D eigenvalue weighted by Gasteiger charge is -2.13. The van der Waals surface area contributed by atoms with Crippen LogP contribution in [0.3, 0.4) is 0 Å². The van der Waals surface area contributed by atoms with E-state index in [1.165, 1.54) is 18.4 Å². The molecule has 0 bridgehead atoms. The third-order valence-corrected chi connectivity index (χ3v) is 4.43. The molecule has 0 atom stereocenters. The lowest BCUT2D eigenvalue weighted by Crippen LogP contribution is -2.28. The number of sulfonamides is 1. The van der Waals surface area contributed by atoms with Crippen LogP contribution >= 0.6 is 0 Å². The van der Waals surface area contributed by atoms with Gasteiger partial charge in [0.15, 0.2) is 0 Å². The summed E-state index contributed by atoms with van der Waals surface area (Å²) in [5.74, 6) is -1.07. The Bertz CT molecular complexity index is 400. The van der Waals surface area contributed by atoms with E-state index in [-0.39, 0.29) is 18.6 Å². The van der Waals surface area contributed by atoms with Crippen LogP contribution in [-0.4, -0.2) is 31.8 Å². The summed E-state index contributed by atoms with van der Waals surface area (Å²) in [6.07, 6.45) is 7.60. The van der Waals surface area contributed by atoms with Crippen molar-refractivity contribution in [2.24, 2.45) is 0 Å². The molecule has 0 saturated heterocycles. The monoisotopic (exact) mass is 275 g/mol. The summed E-state index contributed by atoms with van der Waals surface area (Å²) >= 11 is 0. The average Bonchev–Trinajstić information content (AvgIpc) is 2.29. The lowest BCUT2D eigenvalue weighted by molar-refractivity contribution is -0.137. The molecular formula is C12H21NO4S. The Labute approximate surface area is 108 Å². The van der Waals surface area contributed by atoms with Gasteiger partial charge in [0.25, 0.3) is 0 Å². The van der Waals surface area contributed by atoms with Gasteiger partial charge in [0.2, 0.25) is 10.0 Å². The number of aliphatic carboxylic acids is 1. The molecule has 0 spiro atoms. The van der Waals surface area contributed by atoms with Crippen molar-refractivity contribution in [2.75, 3.05) is 12.3 Å². The van der Waals surface area contributed by atoms with Gasteiger partial charge in [-0.3, -0.25) is 4.79 Å². The van der Waals surface area contributed by atoms with Gasteiger partial charge in [-0.25, -0.2) is 13.1 Å². The first-order chi connectivity index (χ1) is 8.49. The number of rotatable bonds is 8. The maximum atomic E-state index is 11.5. The van der Waals surface area contributed by atoms with Gasteiger partial charge in [-0.2, -0.15) is 0 Å². The minimum Gasteiger partial charge on any atom is -0.481 e. The summed E-state index contributed by atoms with van der Waals surface area (Å²) in [6.45, 7) is 0.418. The predicted octanol–water partition coefficient (Wildman–Crippen LogP) is 1.66. The molecule has 0 fully saturated rings. The molecule has 18 heavy (non-hydrogen) atoms. The van der Waals surface area contributed by atoms with E-state index in [9.17, 15) is 13.2 Å². The SMILES string of the molecule is O=C(O)CCCS(=O)(=O)NCCC1=CCCCC1. The molecule has 0 saturated carbocycles. The zero-order chi connectivity index (χ0) is 13.4. The van der Waals surface area contributed by atoms with Crippen LogP contribution in [0, 0.1) is 0 Å². The van der Waals surface area contributed by atoms with Crippen LogP contribution < -0.4 is 4.72 Å². The molecule has 0 aromatic rings. The highest BCUT2D eigenvalue weighted by Gasteiger charge is 2.11. The highest BCUT2D eigenvalue weighted by atomic mass is 32.2. The molecule has 1 aliphatic rings. The smallest absolute Gasteiger partial charge is 0.303 e. The molecule has 1 rings (SSSR count). The first-order valence-corrected chi connectivity index (χ1v) is 8.02. The molecule has 104 valence electrons. The summed E-state index contributed by atoms with van der Waals surface area (Å²) in [6, 6.07) is 0. The topological polar surface area (TPSA) is 83.5 Å². The van der Waals surface area contributed by atoms with Gasteiger partial charge in [-0.15, -0.1) is 0 Å². The number of allylic oxidation sites excluding steroid dienone is 1. The van der Waals surface area contributed by atoms with Gasteiger partial charge >= 0.3 is 5.97 Å². The fourth-order valence-electron chi connectivity index (χ4n) is 1.98. The van der Waals surface area contributed by atoms with Crippen molar-refractivity contribution >= 4 is 16.0 Å². The van der Waals surface area contributed by atoms with E-state index < -0.39 is 16.0 Å². The van der Waals surface area contributed by atoms with E-state index in [4.69, 9.17) is 5.11 Å². The summed E-state index contributed by atoms with van der Waals surface area (Å²) in [5.41, 5.74) is 1.33. The molecule has 1 aliphatic carbocycles. The molecule has 0 amide bonds. The Morgan fingerprint density at radius 3 is 2.78 bits per heavy atom. The number of carbonyl (C=O) groups is 1. The second-order valence-corrected chi connectivity index (χ2v) is 6.50. The maximum Gasteiger partial charge on any atom is 0.303 e. The summed E-state index contributed by atoms with van der Waals surface area (Å²) in [4.78, 5) is 10.3. The van der Waals surface area contributed by atoms with Gasteiger partial charge in [0, 0.05) is 13.0 Å². The van der Waals surface area contributed by atoms with E-state index in [2.05, 4.69) is 10.8 Å². The van der Waals surface area contributed by atoms with Crippen LogP contribution in [0.25, 0.3) is 0 Å². The fraction of sp³-hybridized carbons (Fsp3) is 0.750. The van der Waals surface area contributed by atoms with Crippen molar-refractivity contribution in [3.63, 3.8) is 0 Å². The second-order valence-electron chi connectivity index (χ2n) is 4.57. The molecule has 0 aromatic heterocycles. The largest absolute Gasteiger partial charge is 0.481 e. The highest BCUT2D eigenvalue weighted by molar-refractivity contribution is 7.89. The summed E-state index contributed by atoms with van der Waals surface area (Å²) < 4.78 is 25.6. The molecule has 0 unspecified atom stereocenters.